The minimum Gasteiger partial charge on any atom is -0.486 e. The summed E-state index contributed by atoms with van der Waals surface area (Å²) in [6.45, 7) is -0.704. The van der Waals surface area contributed by atoms with Crippen molar-refractivity contribution in [2.24, 2.45) is 0 Å². The van der Waals surface area contributed by atoms with E-state index in [2.05, 4.69) is 20.6 Å². The number of ether oxygens (including phenoxy) is 3. The number of nitrogens with zero attached hydrogens (tertiary/aromatic N) is 1. The lowest BCUT2D eigenvalue weighted by Crippen LogP contribution is -2.41. The Labute approximate surface area is 156 Å². The van der Waals surface area contributed by atoms with E-state index in [1.54, 1.807) is 6.07 Å². The van der Waals surface area contributed by atoms with Crippen molar-refractivity contribution < 1.29 is 37.0 Å². The average Bonchev–Trinajstić information content (AvgIpc) is 2.69. The molecule has 1 aromatic carbocycles. The van der Waals surface area contributed by atoms with Crippen molar-refractivity contribution in [3.63, 3.8) is 0 Å². The number of hydrogen-bond donors (Lipinski definition) is 2. The number of nitrogens with one attached hydrogen (secondary N) is 2. The maximum absolute atomic E-state index is 12.1. The van der Waals surface area contributed by atoms with Crippen molar-refractivity contribution in [3.05, 3.63) is 47.7 Å². The number of aromatic nitrogens is 1. The molecule has 148 valence electrons. The number of rotatable bonds is 4. The monoisotopic (exact) mass is 397 g/mol. The van der Waals surface area contributed by atoms with Gasteiger partial charge in [0.2, 0.25) is 5.88 Å². The topological polar surface area (TPSA) is 98.8 Å². The van der Waals surface area contributed by atoms with Crippen LogP contribution in [0, 0.1) is 0 Å². The first kappa shape index (κ1) is 19.3. The Balaban J connectivity index is 1.54. The quantitative estimate of drug-likeness (QED) is 0.765. The molecule has 11 heteroatoms. The van der Waals surface area contributed by atoms with Gasteiger partial charge in [0.15, 0.2) is 18.1 Å². The maximum atomic E-state index is 12.1. The third-order valence-electron chi connectivity index (χ3n) is 3.48. The van der Waals surface area contributed by atoms with Gasteiger partial charge in [-0.1, -0.05) is 0 Å². The standard InChI is InChI=1S/C17H14F3N3O5/c18-17(19,20)9-28-14-4-2-11(8-21-14)16(25)23-22-15(24)10-1-3-12-13(7-10)27-6-5-26-12/h1-4,7-8H,5-6,9H2,(H,22,24)(H,23,25). The molecule has 2 N–H and O–H groups in total. The lowest BCUT2D eigenvalue weighted by molar-refractivity contribution is -0.154. The summed E-state index contributed by atoms with van der Waals surface area (Å²) in [4.78, 5) is 27.8. The molecule has 0 saturated heterocycles. The molecule has 28 heavy (non-hydrogen) atoms. The van der Waals surface area contributed by atoms with E-state index in [1.807, 2.05) is 0 Å². The van der Waals surface area contributed by atoms with Gasteiger partial charge in [-0.05, 0) is 24.3 Å². The van der Waals surface area contributed by atoms with Gasteiger partial charge in [0.1, 0.15) is 13.2 Å². The molecule has 2 aromatic rings. The number of fused-ring (bicyclic) bond motifs is 1. The van der Waals surface area contributed by atoms with Gasteiger partial charge in [0.25, 0.3) is 11.8 Å². The second-order valence-electron chi connectivity index (χ2n) is 5.56. The smallest absolute Gasteiger partial charge is 0.422 e. The number of carbonyl (C=O) groups excluding carboxylic acids is 2. The van der Waals surface area contributed by atoms with Crippen molar-refractivity contribution in [2.75, 3.05) is 19.8 Å². The number of amides is 2. The van der Waals surface area contributed by atoms with Gasteiger partial charge in [0, 0.05) is 17.8 Å². The highest BCUT2D eigenvalue weighted by Crippen LogP contribution is 2.30. The first-order chi connectivity index (χ1) is 13.3. The molecule has 8 nitrogen and oxygen atoms in total. The fourth-order valence-corrected chi connectivity index (χ4v) is 2.20. The van der Waals surface area contributed by atoms with Crippen LogP contribution in [0.3, 0.4) is 0 Å². The molecule has 3 rings (SSSR count). The zero-order valence-electron chi connectivity index (χ0n) is 14.2. The van der Waals surface area contributed by atoms with Gasteiger partial charge in [-0.2, -0.15) is 13.2 Å². The lowest BCUT2D eigenvalue weighted by atomic mass is 10.2. The summed E-state index contributed by atoms with van der Waals surface area (Å²) in [5, 5.41) is 0. The highest BCUT2D eigenvalue weighted by Gasteiger charge is 2.28. The van der Waals surface area contributed by atoms with Crippen LogP contribution < -0.4 is 25.1 Å². The number of hydrogen-bond acceptors (Lipinski definition) is 6. The lowest BCUT2D eigenvalue weighted by Gasteiger charge is -2.18. The van der Waals surface area contributed by atoms with E-state index in [0.29, 0.717) is 24.7 Å². The molecule has 0 fully saturated rings. The van der Waals surface area contributed by atoms with Crippen LogP contribution in [0.4, 0.5) is 13.2 Å². The molecule has 0 unspecified atom stereocenters. The Morgan fingerprint density at radius 1 is 1.00 bits per heavy atom. The van der Waals surface area contributed by atoms with Crippen LogP contribution in [-0.4, -0.2) is 42.8 Å². The highest BCUT2D eigenvalue weighted by molar-refractivity contribution is 5.99. The van der Waals surface area contributed by atoms with Crippen LogP contribution in [0.2, 0.25) is 0 Å². The van der Waals surface area contributed by atoms with Gasteiger partial charge in [-0.25, -0.2) is 4.98 Å². The molecular weight excluding hydrogens is 383 g/mol. The summed E-state index contributed by atoms with van der Waals surface area (Å²) in [5.74, 6) is -0.645. The molecule has 1 aromatic heterocycles. The zero-order valence-corrected chi connectivity index (χ0v) is 14.2. The number of pyridine rings is 1. The molecule has 2 amide bonds. The van der Waals surface area contributed by atoms with E-state index < -0.39 is 24.6 Å². The van der Waals surface area contributed by atoms with Gasteiger partial charge in [-0.15, -0.1) is 0 Å². The number of hydrazine groups is 1. The van der Waals surface area contributed by atoms with Crippen LogP contribution in [0.15, 0.2) is 36.5 Å². The van der Waals surface area contributed by atoms with E-state index in [1.165, 1.54) is 18.2 Å². The molecule has 1 aliphatic rings. The van der Waals surface area contributed by atoms with Gasteiger partial charge >= 0.3 is 6.18 Å². The summed E-state index contributed by atoms with van der Waals surface area (Å²) in [5.41, 5.74) is 4.65. The van der Waals surface area contributed by atoms with Crippen LogP contribution in [0.5, 0.6) is 17.4 Å². The van der Waals surface area contributed by atoms with Crippen molar-refractivity contribution in [3.8, 4) is 17.4 Å². The Morgan fingerprint density at radius 2 is 1.64 bits per heavy atom. The van der Waals surface area contributed by atoms with Crippen LogP contribution in [-0.2, 0) is 0 Å². The second kappa shape index (κ2) is 8.03. The summed E-state index contributed by atoms with van der Waals surface area (Å²) in [7, 11) is 0. The molecular formula is C17H14F3N3O5. The Bertz CT molecular complexity index is 871. The van der Waals surface area contributed by atoms with Crippen molar-refractivity contribution in [1.29, 1.82) is 0 Å². The molecule has 0 aliphatic carbocycles. The third kappa shape index (κ3) is 5.02. The van der Waals surface area contributed by atoms with Crippen molar-refractivity contribution >= 4 is 11.8 Å². The largest absolute Gasteiger partial charge is 0.486 e. The van der Waals surface area contributed by atoms with E-state index >= 15 is 0 Å². The van der Waals surface area contributed by atoms with Gasteiger partial charge < -0.3 is 14.2 Å². The SMILES string of the molecule is O=C(NNC(=O)c1ccc2c(c1)OCCO2)c1ccc(OCC(F)(F)F)nc1. The van der Waals surface area contributed by atoms with Crippen molar-refractivity contribution in [2.45, 2.75) is 6.18 Å². The second-order valence-corrected chi connectivity index (χ2v) is 5.56. The van der Waals surface area contributed by atoms with Crippen LogP contribution in [0.1, 0.15) is 20.7 Å². The van der Waals surface area contributed by atoms with Crippen LogP contribution >= 0.6 is 0 Å². The molecule has 0 bridgehead atoms. The minimum absolute atomic E-state index is 0.0156. The summed E-state index contributed by atoms with van der Waals surface area (Å²) in [6, 6.07) is 6.88. The average molecular weight is 397 g/mol. The van der Waals surface area contributed by atoms with Crippen LogP contribution in [0.25, 0.3) is 0 Å². The third-order valence-corrected chi connectivity index (χ3v) is 3.48. The Kier molecular flexibility index (Phi) is 5.52. The van der Waals surface area contributed by atoms with E-state index in [0.717, 1.165) is 12.3 Å². The highest BCUT2D eigenvalue weighted by atomic mass is 19.4. The fourth-order valence-electron chi connectivity index (χ4n) is 2.20. The number of halogens is 3. The van der Waals surface area contributed by atoms with E-state index in [-0.39, 0.29) is 17.0 Å². The normalized spacial score (nSPS) is 12.8. The molecule has 1 aliphatic heterocycles. The van der Waals surface area contributed by atoms with E-state index in [9.17, 15) is 22.8 Å². The number of alkyl halides is 3. The summed E-state index contributed by atoms with van der Waals surface area (Å²) in [6.07, 6.45) is -3.47. The predicted molar refractivity (Wildman–Crippen MR) is 88.2 cm³/mol. The Hall–Kier alpha value is -3.50. The molecule has 2 heterocycles. The summed E-state index contributed by atoms with van der Waals surface area (Å²) < 4.78 is 51.4. The van der Waals surface area contributed by atoms with Crippen molar-refractivity contribution in [1.82, 2.24) is 15.8 Å². The minimum atomic E-state index is -4.49. The summed E-state index contributed by atoms with van der Waals surface area (Å²) >= 11 is 0. The molecule has 0 saturated carbocycles. The molecule has 0 spiro atoms. The molecule has 0 atom stereocenters. The van der Waals surface area contributed by atoms with E-state index in [4.69, 9.17) is 9.47 Å². The number of carbonyl (C=O) groups is 2. The first-order valence-corrected chi connectivity index (χ1v) is 7.98. The predicted octanol–water partition coefficient (Wildman–Crippen LogP) is 1.87. The van der Waals surface area contributed by atoms with Gasteiger partial charge in [-0.3, -0.25) is 20.4 Å². The first-order valence-electron chi connectivity index (χ1n) is 7.98. The van der Waals surface area contributed by atoms with Gasteiger partial charge in [0.05, 0.1) is 5.56 Å². The maximum Gasteiger partial charge on any atom is 0.422 e. The number of benzene rings is 1. The zero-order chi connectivity index (χ0) is 20.1. The fraction of sp³-hybridized carbons (Fsp3) is 0.235. The molecule has 0 radical (unpaired) electrons. The Morgan fingerprint density at radius 3 is 2.29 bits per heavy atom.